The van der Waals surface area contributed by atoms with Crippen LogP contribution in [0.3, 0.4) is 0 Å². The maximum atomic E-state index is 15.3. The molecule has 7 aromatic rings. The van der Waals surface area contributed by atoms with E-state index in [-0.39, 0.29) is 37.3 Å². The molecule has 0 bridgehead atoms. The van der Waals surface area contributed by atoms with Crippen molar-refractivity contribution >= 4 is 112 Å². The quantitative estimate of drug-likeness (QED) is 0.0843. The molecule has 0 fully saturated rings. The number of hydrogen-bond donors (Lipinski definition) is 4. The zero-order chi connectivity index (χ0) is 53.9. The molecule has 4 N–H and O–H groups in total. The number of rotatable bonds is 14. The number of anilines is 4. The molecule has 19 heteroatoms. The van der Waals surface area contributed by atoms with Crippen LogP contribution in [-0.4, -0.2) is 106 Å². The molecule has 76 heavy (non-hydrogen) atoms. The number of fused-ring (bicyclic) bond motifs is 4. The number of aromatic nitrogens is 1. The molecule has 6 aromatic carbocycles. The molecule has 2 aliphatic heterocycles. The molecule has 2 aliphatic rings. The lowest BCUT2D eigenvalue weighted by atomic mass is 10.0. The highest BCUT2D eigenvalue weighted by Gasteiger charge is 2.41. The Morgan fingerprint density at radius 2 is 0.974 bits per heavy atom. The second-order valence-corrected chi connectivity index (χ2v) is 20.3. The largest absolute Gasteiger partial charge is 0.496 e. The van der Waals surface area contributed by atoms with E-state index in [1.54, 1.807) is 100 Å². The third kappa shape index (κ3) is 10.5. The Morgan fingerprint density at radius 1 is 0.579 bits per heavy atom. The van der Waals surface area contributed by atoms with Crippen LogP contribution in [0.25, 0.3) is 21.5 Å². The zero-order valence-corrected chi connectivity index (χ0v) is 45.7. The molecule has 9 rings (SSSR count). The molecule has 0 saturated heterocycles. The summed E-state index contributed by atoms with van der Waals surface area (Å²) >= 11 is 7.13. The summed E-state index contributed by atoms with van der Waals surface area (Å²) in [5, 5.41) is 15.1. The number of carbonyl (C=O) groups excluding carboxylic acids is 6. The number of methoxy groups -OCH3 is 2. The topological polar surface area (TPSA) is 195 Å². The number of carbonyl (C=O) groups is 6. The van der Waals surface area contributed by atoms with Crippen molar-refractivity contribution in [2.45, 2.75) is 51.1 Å². The third-order valence-corrected chi connectivity index (χ3v) is 15.0. The zero-order valence-electron chi connectivity index (χ0n) is 42.5. The summed E-state index contributed by atoms with van der Waals surface area (Å²) in [5.41, 5.74) is 2.92. The van der Waals surface area contributed by atoms with E-state index in [9.17, 15) is 9.59 Å². The van der Waals surface area contributed by atoms with Crippen LogP contribution in [0.1, 0.15) is 45.7 Å². The first-order valence-electron chi connectivity index (χ1n) is 24.5. The van der Waals surface area contributed by atoms with E-state index in [1.807, 2.05) is 60.7 Å². The van der Waals surface area contributed by atoms with Gasteiger partial charge in [-0.15, -0.1) is 0 Å². The average molecular weight is 1150 g/mol. The number of halogens is 2. The lowest BCUT2D eigenvalue weighted by molar-refractivity contribution is -0.128. The Hall–Kier alpha value is -7.71. The van der Waals surface area contributed by atoms with Crippen molar-refractivity contribution < 1.29 is 38.2 Å². The number of nitrogens with zero attached hydrogens (tertiary/aromatic N) is 5. The maximum absolute atomic E-state index is 15.3. The van der Waals surface area contributed by atoms with Gasteiger partial charge in [-0.05, 0) is 116 Å². The molecule has 4 unspecified atom stereocenters. The Kier molecular flexibility index (Phi) is 15.8. The number of nitrogens with one attached hydrogen (secondary N) is 4. The Labute approximate surface area is 456 Å². The SMILES string of the molecule is CNC(C)C(=O)NC1CN(C(=O)c2cncc(C(=O)N3CC(NC(=O)C(C)NC)C(=O)N(Cc4c(OC)ccc5cc(Br)ccc45)c4ccccc43)c2)c2ccccc2N(Cc2c(OC)ccc3cc(Br)ccc23)C1=O. The standard InChI is InChI=1S/C57H55Br2N9O8/c1-32(60-3)52(69)63-44-30-67(48-13-9-7-11-46(48)65(56(44)73)28-42-40-19-17-38(58)24-34(40)15-21-50(42)75-5)54(71)36-23-37(27-62-26-36)55(72)68-31-45(64-53(70)33(2)61-4)57(74)66(47-12-8-10-14-49(47)68)29-43-41-20-18-39(59)25-35(41)16-22-51(43)76-6/h7-27,32-33,44-45,60-61H,28-31H2,1-6H3,(H,63,69)(H,64,70). The third-order valence-electron chi connectivity index (χ3n) is 14.0. The average Bonchev–Trinajstić information content (AvgIpc) is 3.64. The van der Waals surface area contributed by atoms with E-state index in [1.165, 1.54) is 28.3 Å². The minimum absolute atomic E-state index is 0.000263. The molecular weight excluding hydrogens is 1100 g/mol. The summed E-state index contributed by atoms with van der Waals surface area (Å²) in [4.78, 5) is 98.3. The fourth-order valence-corrected chi connectivity index (χ4v) is 10.4. The van der Waals surface area contributed by atoms with Gasteiger partial charge in [0.05, 0.1) is 86.4 Å². The molecule has 0 spiro atoms. The van der Waals surface area contributed by atoms with Gasteiger partial charge in [-0.1, -0.05) is 80.4 Å². The summed E-state index contributed by atoms with van der Waals surface area (Å²) in [7, 11) is 6.38. The molecule has 6 amide bonds. The van der Waals surface area contributed by atoms with Crippen molar-refractivity contribution in [3.05, 3.63) is 159 Å². The van der Waals surface area contributed by atoms with Crippen molar-refractivity contribution in [1.29, 1.82) is 0 Å². The van der Waals surface area contributed by atoms with Gasteiger partial charge in [0.15, 0.2) is 0 Å². The minimum Gasteiger partial charge on any atom is -0.496 e. The van der Waals surface area contributed by atoms with Gasteiger partial charge in [0.25, 0.3) is 23.6 Å². The van der Waals surface area contributed by atoms with Crippen LogP contribution in [0.5, 0.6) is 11.5 Å². The van der Waals surface area contributed by atoms with Crippen molar-refractivity contribution in [2.75, 3.05) is 61.0 Å². The van der Waals surface area contributed by atoms with Gasteiger partial charge in [-0.2, -0.15) is 0 Å². The van der Waals surface area contributed by atoms with Crippen LogP contribution in [0, 0.1) is 0 Å². The second-order valence-electron chi connectivity index (χ2n) is 18.5. The van der Waals surface area contributed by atoms with Gasteiger partial charge in [0.2, 0.25) is 11.8 Å². The lowest BCUT2D eigenvalue weighted by Crippen LogP contribution is -2.56. The van der Waals surface area contributed by atoms with Crippen LogP contribution >= 0.6 is 31.9 Å². The molecule has 0 radical (unpaired) electrons. The first-order chi connectivity index (χ1) is 36.6. The number of likely N-dealkylation sites (N-methyl/N-ethyl adjacent to an activating group) is 2. The number of hydrogen-bond acceptors (Lipinski definition) is 11. The summed E-state index contributed by atoms with van der Waals surface area (Å²) in [6.07, 6.45) is 2.67. The molecule has 3 heterocycles. The lowest BCUT2D eigenvalue weighted by Gasteiger charge is -2.27. The van der Waals surface area contributed by atoms with Gasteiger partial charge >= 0.3 is 0 Å². The molecule has 0 saturated carbocycles. The predicted octanol–water partition coefficient (Wildman–Crippen LogP) is 7.50. The van der Waals surface area contributed by atoms with Crippen molar-refractivity contribution in [3.8, 4) is 11.5 Å². The van der Waals surface area contributed by atoms with Crippen molar-refractivity contribution in [2.24, 2.45) is 0 Å². The minimum atomic E-state index is -1.24. The smallest absolute Gasteiger partial charge is 0.260 e. The van der Waals surface area contributed by atoms with E-state index in [0.717, 1.165) is 30.5 Å². The number of benzene rings is 6. The van der Waals surface area contributed by atoms with Crippen LogP contribution in [0.2, 0.25) is 0 Å². The van der Waals surface area contributed by atoms with Gasteiger partial charge in [-0.3, -0.25) is 33.8 Å². The highest BCUT2D eigenvalue weighted by atomic mass is 79.9. The number of ether oxygens (including phenoxy) is 2. The predicted molar refractivity (Wildman–Crippen MR) is 300 cm³/mol. The monoisotopic (exact) mass is 1150 g/mol. The normalized spacial score (nSPS) is 16.3. The summed E-state index contributed by atoms with van der Waals surface area (Å²) in [6.45, 7) is 2.78. The Bertz CT molecular complexity index is 3230. The van der Waals surface area contributed by atoms with Crippen molar-refractivity contribution in [1.82, 2.24) is 26.3 Å². The summed E-state index contributed by atoms with van der Waals surface area (Å²) < 4.78 is 13.5. The molecule has 1 aromatic heterocycles. The molecule has 0 aliphatic carbocycles. The fraction of sp³-hybridized carbons (Fsp3) is 0.246. The van der Waals surface area contributed by atoms with Gasteiger partial charge < -0.3 is 50.3 Å². The molecule has 17 nitrogen and oxygen atoms in total. The Morgan fingerprint density at radius 3 is 1.36 bits per heavy atom. The van der Waals surface area contributed by atoms with Crippen LogP contribution < -0.4 is 50.3 Å². The van der Waals surface area contributed by atoms with E-state index in [4.69, 9.17) is 9.47 Å². The molecule has 4 atom stereocenters. The van der Waals surface area contributed by atoms with Crippen LogP contribution in [-0.2, 0) is 32.3 Å². The number of amides is 6. The van der Waals surface area contributed by atoms with E-state index >= 15 is 19.2 Å². The van der Waals surface area contributed by atoms with Crippen LogP contribution in [0.4, 0.5) is 22.7 Å². The van der Waals surface area contributed by atoms with Crippen LogP contribution in [0.15, 0.2) is 137 Å². The van der Waals surface area contributed by atoms with Crippen molar-refractivity contribution in [3.63, 3.8) is 0 Å². The van der Waals surface area contributed by atoms with E-state index in [2.05, 4.69) is 58.1 Å². The van der Waals surface area contributed by atoms with Gasteiger partial charge in [0, 0.05) is 32.5 Å². The first kappa shape index (κ1) is 53.1. The second kappa shape index (κ2) is 22.6. The van der Waals surface area contributed by atoms with E-state index in [0.29, 0.717) is 45.4 Å². The number of pyridine rings is 1. The highest BCUT2D eigenvalue weighted by Crippen LogP contribution is 2.40. The molecule has 390 valence electrons. The number of para-hydroxylation sites is 4. The maximum Gasteiger partial charge on any atom is 0.260 e. The fourth-order valence-electron chi connectivity index (χ4n) is 9.65. The highest BCUT2D eigenvalue weighted by molar-refractivity contribution is 9.10. The van der Waals surface area contributed by atoms with Gasteiger partial charge in [-0.25, -0.2) is 0 Å². The van der Waals surface area contributed by atoms with E-state index < -0.39 is 59.6 Å². The summed E-state index contributed by atoms with van der Waals surface area (Å²) in [6, 6.07) is 30.7. The first-order valence-corrected chi connectivity index (χ1v) is 26.1. The Balaban J connectivity index is 1.11. The summed E-state index contributed by atoms with van der Waals surface area (Å²) in [5.74, 6) is -2.02. The molecular formula is C57H55Br2N9O8. The van der Waals surface area contributed by atoms with Gasteiger partial charge in [0.1, 0.15) is 23.6 Å².